The first kappa shape index (κ1) is 21.3. The lowest BCUT2D eigenvalue weighted by Gasteiger charge is -2.15. The number of rotatable bonds is 10. The number of nitrogens with one attached hydrogen (secondary N) is 3. The number of hydrogen-bond acceptors (Lipinski definition) is 4. The van der Waals surface area contributed by atoms with Crippen molar-refractivity contribution in [3.63, 3.8) is 0 Å². The van der Waals surface area contributed by atoms with Gasteiger partial charge in [-0.15, -0.1) is 0 Å². The molecule has 3 N–H and O–H groups in total. The van der Waals surface area contributed by atoms with Crippen molar-refractivity contribution in [2.24, 2.45) is 4.99 Å². The molecule has 1 heterocycles. The Labute approximate surface area is 166 Å². The molecule has 0 aliphatic rings. The van der Waals surface area contributed by atoms with E-state index in [1.807, 2.05) is 25.1 Å². The van der Waals surface area contributed by atoms with Crippen LogP contribution in [0.25, 0.3) is 0 Å². The largest absolute Gasteiger partial charge is 0.497 e. The molecule has 2 aromatic rings. The topological polar surface area (TPSA) is 87.9 Å². The summed E-state index contributed by atoms with van der Waals surface area (Å²) in [6.45, 7) is 6.10. The first-order valence-corrected chi connectivity index (χ1v) is 9.57. The third-order valence-electron chi connectivity index (χ3n) is 4.32. The molecule has 0 fully saturated rings. The number of hydrogen-bond donors (Lipinski definition) is 3. The Balaban J connectivity index is 1.75. The Morgan fingerprint density at radius 2 is 1.96 bits per heavy atom. The Morgan fingerprint density at radius 1 is 1.18 bits per heavy atom. The minimum Gasteiger partial charge on any atom is -0.497 e. The lowest BCUT2D eigenvalue weighted by molar-refractivity contribution is -0.119. The second kappa shape index (κ2) is 11.7. The average molecular weight is 386 g/mol. The van der Waals surface area contributed by atoms with Crippen LogP contribution in [0.1, 0.15) is 37.5 Å². The molecule has 1 atom stereocenters. The highest BCUT2D eigenvalue weighted by Gasteiger charge is 2.07. The highest BCUT2D eigenvalue weighted by Crippen LogP contribution is 2.21. The minimum absolute atomic E-state index is 0.0596. The Bertz CT molecular complexity index is 727. The molecule has 0 saturated carbocycles. The van der Waals surface area contributed by atoms with Crippen LogP contribution in [0.4, 0.5) is 0 Å². The fraction of sp³-hybridized carbons (Fsp3) is 0.429. The highest BCUT2D eigenvalue weighted by atomic mass is 16.5. The molecule has 0 bridgehead atoms. The van der Waals surface area contributed by atoms with Gasteiger partial charge in [0.25, 0.3) is 0 Å². The number of benzene rings is 1. The van der Waals surface area contributed by atoms with Crippen molar-refractivity contribution in [1.29, 1.82) is 0 Å². The van der Waals surface area contributed by atoms with E-state index in [0.29, 0.717) is 18.4 Å². The van der Waals surface area contributed by atoms with Crippen molar-refractivity contribution in [2.75, 3.05) is 26.7 Å². The number of carbonyl (C=O) groups is 1. The van der Waals surface area contributed by atoms with Gasteiger partial charge in [-0.25, -0.2) is 4.99 Å². The normalized spacial score (nSPS) is 12.3. The van der Waals surface area contributed by atoms with Crippen LogP contribution in [0.5, 0.6) is 5.75 Å². The molecule has 7 nitrogen and oxygen atoms in total. The average Bonchev–Trinajstić information content (AvgIpc) is 3.24. The fourth-order valence-corrected chi connectivity index (χ4v) is 2.65. The Kier molecular flexibility index (Phi) is 8.91. The van der Waals surface area contributed by atoms with Gasteiger partial charge < -0.3 is 25.1 Å². The molecule has 1 aromatic heterocycles. The van der Waals surface area contributed by atoms with Crippen molar-refractivity contribution in [2.45, 2.75) is 32.7 Å². The molecule has 0 aliphatic carbocycles. The third-order valence-corrected chi connectivity index (χ3v) is 4.32. The molecule has 2 rings (SSSR count). The summed E-state index contributed by atoms with van der Waals surface area (Å²) >= 11 is 0. The van der Waals surface area contributed by atoms with E-state index in [4.69, 9.17) is 9.15 Å². The maximum Gasteiger partial charge on any atom is 0.242 e. The van der Waals surface area contributed by atoms with Gasteiger partial charge in [0.15, 0.2) is 5.96 Å². The maximum absolute atomic E-state index is 11.9. The molecule has 0 spiro atoms. The second-order valence-electron chi connectivity index (χ2n) is 6.44. The van der Waals surface area contributed by atoms with Crippen LogP contribution in [0.2, 0.25) is 0 Å². The second-order valence-corrected chi connectivity index (χ2v) is 6.44. The smallest absolute Gasteiger partial charge is 0.242 e. The number of nitrogens with zero attached hydrogens (tertiary/aromatic N) is 1. The molecular formula is C21H30N4O3. The van der Waals surface area contributed by atoms with Gasteiger partial charge in [0.2, 0.25) is 5.91 Å². The van der Waals surface area contributed by atoms with Crippen molar-refractivity contribution >= 4 is 11.9 Å². The molecule has 1 unspecified atom stereocenters. The van der Waals surface area contributed by atoms with Crippen LogP contribution in [0.15, 0.2) is 52.1 Å². The van der Waals surface area contributed by atoms with E-state index in [2.05, 4.69) is 40.0 Å². The van der Waals surface area contributed by atoms with E-state index in [9.17, 15) is 4.79 Å². The molecule has 152 valence electrons. The standard InChI is InChI=1S/C21H30N4O3/c1-4-22-21(25-15-20(26)24-14-19-6-5-13-28-19)23-12-11-16(2)17-7-9-18(27-3)10-8-17/h5-10,13,16H,4,11-12,14-15H2,1-3H3,(H,24,26)(H2,22,23,25). The van der Waals surface area contributed by atoms with Crippen molar-refractivity contribution < 1.29 is 13.9 Å². The maximum atomic E-state index is 11.9. The van der Waals surface area contributed by atoms with E-state index in [1.54, 1.807) is 19.4 Å². The highest BCUT2D eigenvalue weighted by molar-refractivity contribution is 5.84. The van der Waals surface area contributed by atoms with E-state index < -0.39 is 0 Å². The minimum atomic E-state index is -0.153. The van der Waals surface area contributed by atoms with Gasteiger partial charge in [-0.1, -0.05) is 19.1 Å². The molecule has 1 aromatic carbocycles. The molecule has 0 radical (unpaired) electrons. The quantitative estimate of drug-likeness (QED) is 0.432. The zero-order valence-corrected chi connectivity index (χ0v) is 16.8. The van der Waals surface area contributed by atoms with E-state index in [0.717, 1.165) is 31.0 Å². The van der Waals surface area contributed by atoms with Gasteiger partial charge in [-0.2, -0.15) is 0 Å². The summed E-state index contributed by atoms with van der Waals surface area (Å²) in [5.74, 6) is 2.46. The van der Waals surface area contributed by atoms with Crippen LogP contribution in [0.3, 0.4) is 0 Å². The van der Waals surface area contributed by atoms with Gasteiger partial charge >= 0.3 is 0 Å². The van der Waals surface area contributed by atoms with Gasteiger partial charge in [-0.3, -0.25) is 4.79 Å². The predicted molar refractivity (Wildman–Crippen MR) is 111 cm³/mol. The molecule has 28 heavy (non-hydrogen) atoms. The van der Waals surface area contributed by atoms with Gasteiger partial charge in [0.05, 0.1) is 19.9 Å². The van der Waals surface area contributed by atoms with Gasteiger partial charge in [0.1, 0.15) is 18.1 Å². The van der Waals surface area contributed by atoms with Crippen molar-refractivity contribution in [3.05, 3.63) is 54.0 Å². The van der Waals surface area contributed by atoms with Crippen molar-refractivity contribution in [1.82, 2.24) is 16.0 Å². The first-order chi connectivity index (χ1) is 13.6. The van der Waals surface area contributed by atoms with Crippen molar-refractivity contribution in [3.8, 4) is 5.75 Å². The predicted octanol–water partition coefficient (Wildman–Crippen LogP) is 2.65. The molecule has 0 saturated heterocycles. The SMILES string of the molecule is CCNC(=NCC(=O)NCc1ccco1)NCCC(C)c1ccc(OC)cc1. The number of guanidine groups is 1. The molecular weight excluding hydrogens is 356 g/mol. The zero-order valence-electron chi connectivity index (χ0n) is 16.8. The van der Waals surface area contributed by atoms with Crippen LogP contribution >= 0.6 is 0 Å². The number of aliphatic imine (C=N–C) groups is 1. The summed E-state index contributed by atoms with van der Waals surface area (Å²) in [5, 5.41) is 9.23. The fourth-order valence-electron chi connectivity index (χ4n) is 2.65. The van der Waals surface area contributed by atoms with Gasteiger partial charge in [-0.05, 0) is 49.1 Å². The van der Waals surface area contributed by atoms with E-state index in [-0.39, 0.29) is 12.5 Å². The molecule has 7 heteroatoms. The Morgan fingerprint density at radius 3 is 2.61 bits per heavy atom. The Hall–Kier alpha value is -2.96. The summed E-state index contributed by atoms with van der Waals surface area (Å²) in [4.78, 5) is 16.3. The van der Waals surface area contributed by atoms with Crippen LogP contribution < -0.4 is 20.7 Å². The molecule has 0 aliphatic heterocycles. The zero-order chi connectivity index (χ0) is 20.2. The number of amides is 1. The van der Waals surface area contributed by atoms with E-state index in [1.165, 1.54) is 5.56 Å². The third kappa shape index (κ3) is 7.34. The first-order valence-electron chi connectivity index (χ1n) is 9.57. The summed E-state index contributed by atoms with van der Waals surface area (Å²) < 4.78 is 10.4. The summed E-state index contributed by atoms with van der Waals surface area (Å²) in [5.41, 5.74) is 1.27. The van der Waals surface area contributed by atoms with Crippen LogP contribution in [0, 0.1) is 0 Å². The number of carbonyl (C=O) groups excluding carboxylic acids is 1. The number of methoxy groups -OCH3 is 1. The van der Waals surface area contributed by atoms with E-state index >= 15 is 0 Å². The molecule has 1 amide bonds. The number of ether oxygens (including phenoxy) is 1. The lowest BCUT2D eigenvalue weighted by atomic mass is 9.98. The summed E-state index contributed by atoms with van der Waals surface area (Å²) in [6.07, 6.45) is 2.53. The van der Waals surface area contributed by atoms with Gasteiger partial charge in [0, 0.05) is 13.1 Å². The van der Waals surface area contributed by atoms with Crippen LogP contribution in [-0.4, -0.2) is 38.6 Å². The number of furan rings is 1. The summed E-state index contributed by atoms with van der Waals surface area (Å²) in [6, 6.07) is 11.7. The van der Waals surface area contributed by atoms with Crippen LogP contribution in [-0.2, 0) is 11.3 Å². The summed E-state index contributed by atoms with van der Waals surface area (Å²) in [7, 11) is 1.67. The monoisotopic (exact) mass is 386 g/mol. The lowest BCUT2D eigenvalue weighted by Crippen LogP contribution is -2.39.